The van der Waals surface area contributed by atoms with E-state index in [0.717, 1.165) is 36.6 Å². The number of morpholine rings is 1. The zero-order chi connectivity index (χ0) is 36.4. The molecular formula is C36H44F4N6O6. The second-order valence-electron chi connectivity index (χ2n) is 15.2. The lowest BCUT2D eigenvalue weighted by molar-refractivity contribution is -0.238. The van der Waals surface area contributed by atoms with Gasteiger partial charge in [-0.15, -0.1) is 0 Å². The fourth-order valence-electron chi connectivity index (χ4n) is 8.58. The molecule has 6 aliphatic rings. The van der Waals surface area contributed by atoms with E-state index in [1.165, 1.54) is 12.3 Å². The summed E-state index contributed by atoms with van der Waals surface area (Å²) < 4.78 is 76.1. The largest absolute Gasteiger partial charge is 0.487 e. The van der Waals surface area contributed by atoms with Crippen molar-refractivity contribution < 1.29 is 46.2 Å². The molecule has 1 aromatic heterocycles. The van der Waals surface area contributed by atoms with Crippen LogP contribution < -0.4 is 15.4 Å². The normalized spacial score (nSPS) is 25.7. The molecule has 2 aliphatic carbocycles. The number of ether oxygens (including phenoxy) is 3. The number of carbonyl (C=O) groups excluding carboxylic acids is 3. The minimum absolute atomic E-state index is 0.119. The molecule has 5 fully saturated rings. The standard InChI is InChI=1S/C36H44F4N6O6/c1-2-46-26(7-10-41-46)33(48)43-32(31(20-3-4-20)21-5-6-21)34(49)42-25-14-28-23(13-24(25)37)27(45-16-29(36(38,39)40)51-19-30(45)47)15-35(52-28)8-11-44(12-9-35)22-17-50-18-22/h7,10,13-14,20-22,27,29,31-32H,2-6,8-9,11-12,15-19H2,1H3,(H,42,49)(H,43,48)/t27?,29?,32-/m0/s1. The van der Waals surface area contributed by atoms with E-state index < -0.39 is 66.7 Å². The number of rotatable bonds is 10. The molecule has 16 heteroatoms. The highest BCUT2D eigenvalue weighted by molar-refractivity contribution is 6.01. The number of piperidine rings is 1. The van der Waals surface area contributed by atoms with Gasteiger partial charge in [0.1, 0.15) is 35.5 Å². The molecule has 1 aromatic carbocycles. The number of anilines is 1. The summed E-state index contributed by atoms with van der Waals surface area (Å²) in [6.45, 7) is 3.43. The third-order valence-corrected chi connectivity index (χ3v) is 11.8. The number of hydrogen-bond acceptors (Lipinski definition) is 8. The van der Waals surface area contributed by atoms with Gasteiger partial charge in [-0.25, -0.2) is 4.39 Å². The summed E-state index contributed by atoms with van der Waals surface area (Å²) in [4.78, 5) is 44.3. The van der Waals surface area contributed by atoms with Crippen LogP contribution in [0.4, 0.5) is 23.2 Å². The predicted octanol–water partition coefficient (Wildman–Crippen LogP) is 4.06. The monoisotopic (exact) mass is 732 g/mol. The minimum atomic E-state index is -4.69. The van der Waals surface area contributed by atoms with Crippen LogP contribution in [0, 0.1) is 23.6 Å². The molecule has 8 rings (SSSR count). The van der Waals surface area contributed by atoms with Crippen LogP contribution in [0.1, 0.15) is 74.0 Å². The number of alkyl halides is 3. The Labute approximate surface area is 298 Å². The second-order valence-corrected chi connectivity index (χ2v) is 15.2. The first-order valence-electron chi connectivity index (χ1n) is 18.4. The number of carbonyl (C=O) groups is 3. The Morgan fingerprint density at radius 1 is 1.10 bits per heavy atom. The Morgan fingerprint density at radius 3 is 2.42 bits per heavy atom. The van der Waals surface area contributed by atoms with Crippen LogP contribution in [0.3, 0.4) is 0 Å². The molecule has 5 heterocycles. The average Bonchev–Trinajstić information content (AvgIpc) is 4.04. The molecule has 0 bridgehead atoms. The van der Waals surface area contributed by atoms with Crippen molar-refractivity contribution >= 4 is 23.4 Å². The summed E-state index contributed by atoms with van der Waals surface area (Å²) in [5.41, 5.74) is -0.463. The number of halogens is 4. The zero-order valence-electron chi connectivity index (χ0n) is 29.0. The van der Waals surface area contributed by atoms with E-state index in [0.29, 0.717) is 57.4 Å². The molecule has 2 N–H and O–H groups in total. The van der Waals surface area contributed by atoms with Crippen LogP contribution in [0.2, 0.25) is 0 Å². The van der Waals surface area contributed by atoms with Gasteiger partial charge in [-0.05, 0) is 75.3 Å². The number of nitrogens with zero attached hydrogens (tertiary/aromatic N) is 4. The van der Waals surface area contributed by atoms with Gasteiger partial charge in [-0.1, -0.05) is 0 Å². The minimum Gasteiger partial charge on any atom is -0.487 e. The summed E-state index contributed by atoms with van der Waals surface area (Å²) in [7, 11) is 0. The highest BCUT2D eigenvalue weighted by atomic mass is 19.4. The van der Waals surface area contributed by atoms with E-state index in [1.807, 2.05) is 6.92 Å². The summed E-state index contributed by atoms with van der Waals surface area (Å²) >= 11 is 0. The molecule has 12 nitrogen and oxygen atoms in total. The molecule has 3 saturated heterocycles. The van der Waals surface area contributed by atoms with Crippen LogP contribution in [-0.2, 0) is 25.6 Å². The highest BCUT2D eigenvalue weighted by Gasteiger charge is 2.52. The summed E-state index contributed by atoms with van der Waals surface area (Å²) in [6.07, 6.45) is -0.321. The van der Waals surface area contributed by atoms with Crippen LogP contribution in [0.25, 0.3) is 0 Å². The molecule has 3 amide bonds. The second kappa shape index (κ2) is 13.6. The number of hydrogen-bond donors (Lipinski definition) is 2. The molecule has 3 atom stereocenters. The fourth-order valence-corrected chi connectivity index (χ4v) is 8.58. The van der Waals surface area contributed by atoms with E-state index in [4.69, 9.17) is 14.2 Å². The smallest absolute Gasteiger partial charge is 0.416 e. The van der Waals surface area contributed by atoms with E-state index in [-0.39, 0.29) is 41.2 Å². The molecule has 4 aliphatic heterocycles. The first-order valence-corrected chi connectivity index (χ1v) is 18.4. The van der Waals surface area contributed by atoms with Crippen molar-refractivity contribution in [2.75, 3.05) is 44.8 Å². The topological polar surface area (TPSA) is 127 Å². The van der Waals surface area contributed by atoms with Crippen LogP contribution in [0.15, 0.2) is 24.4 Å². The summed E-state index contributed by atoms with van der Waals surface area (Å²) in [5, 5.41) is 9.87. The van der Waals surface area contributed by atoms with Crippen LogP contribution >= 0.6 is 0 Å². The molecular weight excluding hydrogens is 688 g/mol. The van der Waals surface area contributed by atoms with Crippen molar-refractivity contribution in [1.29, 1.82) is 0 Å². The van der Waals surface area contributed by atoms with Gasteiger partial charge >= 0.3 is 6.18 Å². The van der Waals surface area contributed by atoms with Crippen molar-refractivity contribution in [3.63, 3.8) is 0 Å². The Kier molecular flexibility index (Phi) is 9.21. The lowest BCUT2D eigenvalue weighted by atomic mass is 9.79. The lowest BCUT2D eigenvalue weighted by Gasteiger charge is -2.51. The van der Waals surface area contributed by atoms with Crippen LogP contribution in [0.5, 0.6) is 5.75 Å². The van der Waals surface area contributed by atoms with E-state index in [9.17, 15) is 27.6 Å². The lowest BCUT2D eigenvalue weighted by Crippen LogP contribution is -2.59. The van der Waals surface area contributed by atoms with Crippen molar-refractivity contribution in [3.8, 4) is 5.75 Å². The molecule has 2 saturated carbocycles. The maximum Gasteiger partial charge on any atom is 0.416 e. The number of fused-ring (bicyclic) bond motifs is 1. The number of aromatic nitrogens is 2. The van der Waals surface area contributed by atoms with E-state index in [1.54, 1.807) is 10.7 Å². The SMILES string of the molecule is CCn1nccc1C(=O)N[C@H](C(=O)Nc1cc2c(cc1F)C(N1CC(C(F)(F)F)OCC1=O)CC1(CCN(C3COC3)CC1)O2)C(C1CC1)C1CC1. The number of aryl methyl sites for hydroxylation is 1. The van der Waals surface area contributed by atoms with Crippen LogP contribution in [-0.4, -0.2) is 107 Å². The molecule has 2 aromatic rings. The molecule has 282 valence electrons. The highest BCUT2D eigenvalue weighted by Crippen LogP contribution is 2.52. The van der Waals surface area contributed by atoms with Crippen molar-refractivity contribution in [2.24, 2.45) is 17.8 Å². The van der Waals surface area contributed by atoms with Gasteiger partial charge in [0.15, 0.2) is 6.10 Å². The molecule has 52 heavy (non-hydrogen) atoms. The number of benzene rings is 1. The Hall–Kier alpha value is -3.76. The number of nitrogens with one attached hydrogen (secondary N) is 2. The third-order valence-electron chi connectivity index (χ3n) is 11.8. The van der Waals surface area contributed by atoms with Gasteiger partial charge in [0.25, 0.3) is 5.91 Å². The quantitative estimate of drug-likeness (QED) is 0.351. The maximum atomic E-state index is 16.2. The average molecular weight is 733 g/mol. The first kappa shape index (κ1) is 35.3. The predicted molar refractivity (Wildman–Crippen MR) is 177 cm³/mol. The van der Waals surface area contributed by atoms with Crippen molar-refractivity contribution in [3.05, 3.63) is 41.5 Å². The van der Waals surface area contributed by atoms with E-state index in [2.05, 4.69) is 20.6 Å². The Balaban J connectivity index is 1.10. The third kappa shape index (κ3) is 6.89. The number of likely N-dealkylation sites (tertiary alicyclic amines) is 1. The van der Waals surface area contributed by atoms with Gasteiger partial charge in [0.2, 0.25) is 11.8 Å². The molecule has 2 unspecified atom stereocenters. The molecule has 0 radical (unpaired) electrons. The Morgan fingerprint density at radius 2 is 1.81 bits per heavy atom. The summed E-state index contributed by atoms with van der Waals surface area (Å²) in [5.74, 6) is -1.85. The first-order chi connectivity index (χ1) is 24.9. The number of amides is 3. The summed E-state index contributed by atoms with van der Waals surface area (Å²) in [6, 6.07) is 2.56. The maximum absolute atomic E-state index is 16.2. The van der Waals surface area contributed by atoms with Gasteiger partial charge in [0, 0.05) is 43.9 Å². The van der Waals surface area contributed by atoms with Gasteiger partial charge in [-0.3, -0.25) is 24.0 Å². The van der Waals surface area contributed by atoms with Crippen molar-refractivity contribution in [1.82, 2.24) is 24.9 Å². The Bertz CT molecular complexity index is 1690. The van der Waals surface area contributed by atoms with E-state index >= 15 is 4.39 Å². The molecule has 1 spiro atoms. The zero-order valence-corrected chi connectivity index (χ0v) is 29.0. The van der Waals surface area contributed by atoms with Crippen molar-refractivity contribution in [2.45, 2.75) is 94.4 Å². The fraction of sp³-hybridized carbons (Fsp3) is 0.667. The van der Waals surface area contributed by atoms with Gasteiger partial charge in [-0.2, -0.15) is 18.3 Å². The van der Waals surface area contributed by atoms with Gasteiger partial charge < -0.3 is 29.7 Å². The van der Waals surface area contributed by atoms with Gasteiger partial charge in [0.05, 0.1) is 37.5 Å².